The van der Waals surface area contributed by atoms with Gasteiger partial charge in [0.1, 0.15) is 12.2 Å². The van der Waals surface area contributed by atoms with Crippen LogP contribution in [0.15, 0.2) is 36.5 Å². The molecule has 0 N–H and O–H groups in total. The average Bonchev–Trinajstić information content (AvgIpc) is 3.10. The van der Waals surface area contributed by atoms with Crippen molar-refractivity contribution in [3.8, 4) is 0 Å². The molecule has 0 bridgehead atoms. The van der Waals surface area contributed by atoms with Crippen molar-refractivity contribution in [1.29, 1.82) is 0 Å². The monoisotopic (exact) mass is 522 g/mol. The average molecular weight is 523 g/mol. The van der Waals surface area contributed by atoms with Gasteiger partial charge in [0.15, 0.2) is 14.1 Å². The Morgan fingerprint density at radius 1 is 1.00 bits per heavy atom. The Bertz CT molecular complexity index is 717. The highest BCUT2D eigenvalue weighted by Crippen LogP contribution is 2.40. The van der Waals surface area contributed by atoms with Crippen LogP contribution in [-0.4, -0.2) is 45.5 Å². The number of hydrogen-bond donors (Lipinski definition) is 0. The molecule has 0 amide bonds. The highest BCUT2D eigenvalue weighted by molar-refractivity contribution is 6.74. The lowest BCUT2D eigenvalue weighted by molar-refractivity contribution is -0.152. The molecule has 1 fully saturated rings. The molecule has 5 nitrogen and oxygen atoms in total. The molecule has 3 atom stereocenters. The fourth-order valence-corrected chi connectivity index (χ4v) is 5.23. The molecule has 208 valence electrons. The molecular formula is C30H54O5Si. The molecular weight excluding hydrogens is 468 g/mol. The number of methoxy groups -OCH3 is 1. The number of allylic oxidation sites excluding steroid dienone is 4. The second kappa shape index (κ2) is 15.9. The van der Waals surface area contributed by atoms with Gasteiger partial charge in [0.2, 0.25) is 0 Å². The summed E-state index contributed by atoms with van der Waals surface area (Å²) >= 11 is 0. The lowest BCUT2D eigenvalue weighted by Crippen LogP contribution is -2.49. The zero-order chi connectivity index (χ0) is 27.2. The topological polar surface area (TPSA) is 54.0 Å². The Labute approximate surface area is 222 Å². The van der Waals surface area contributed by atoms with Crippen molar-refractivity contribution >= 4 is 14.3 Å². The van der Waals surface area contributed by atoms with E-state index in [1.807, 2.05) is 13.8 Å². The van der Waals surface area contributed by atoms with Crippen LogP contribution < -0.4 is 0 Å². The summed E-state index contributed by atoms with van der Waals surface area (Å²) in [6.45, 7) is 17.7. The number of carbonyl (C=O) groups is 1. The molecule has 0 spiro atoms. The normalized spacial score (nSPS) is 21.7. The van der Waals surface area contributed by atoms with E-state index in [2.05, 4.69) is 82.0 Å². The molecule has 1 heterocycles. The van der Waals surface area contributed by atoms with Crippen LogP contribution >= 0.6 is 0 Å². The van der Waals surface area contributed by atoms with Crippen LogP contribution in [0.2, 0.25) is 18.1 Å². The van der Waals surface area contributed by atoms with Crippen LogP contribution in [0, 0.1) is 0 Å². The van der Waals surface area contributed by atoms with E-state index in [1.54, 1.807) is 0 Å². The van der Waals surface area contributed by atoms with Gasteiger partial charge in [0.25, 0.3) is 0 Å². The number of unbranched alkanes of at least 4 members (excludes halogenated alkanes) is 4. The third kappa shape index (κ3) is 12.4. The molecule has 0 aromatic heterocycles. The van der Waals surface area contributed by atoms with Gasteiger partial charge >= 0.3 is 5.97 Å². The standard InChI is InChI=1S/C30H54O5Si/c1-10-11-12-13-16-20-23-26(35-36(8,9)29(2,3)4)28-25(33-30(5,6)34-28)22-19-17-14-15-18-21-24-27(31)32-7/h14-16,19-20,22,25-26,28H,10-13,17-18,21,23-24H2,1-9H3/b15-14-,20-16-,22-19-/t25-,26-,28+/m1/s1. The van der Waals surface area contributed by atoms with Crippen LogP contribution in [0.5, 0.6) is 0 Å². The van der Waals surface area contributed by atoms with E-state index < -0.39 is 14.1 Å². The number of rotatable bonds is 16. The predicted molar refractivity (Wildman–Crippen MR) is 153 cm³/mol. The Morgan fingerprint density at radius 3 is 2.31 bits per heavy atom. The van der Waals surface area contributed by atoms with Crippen molar-refractivity contribution in [2.24, 2.45) is 0 Å². The quantitative estimate of drug-likeness (QED) is 0.0883. The summed E-state index contributed by atoms with van der Waals surface area (Å²) in [7, 11) is -0.569. The summed E-state index contributed by atoms with van der Waals surface area (Å²) in [5.41, 5.74) is 0. The Hall–Kier alpha value is -1.21. The van der Waals surface area contributed by atoms with E-state index in [9.17, 15) is 4.79 Å². The molecule has 0 unspecified atom stereocenters. The van der Waals surface area contributed by atoms with E-state index in [4.69, 9.17) is 13.9 Å². The molecule has 1 aliphatic rings. The van der Waals surface area contributed by atoms with Crippen molar-refractivity contribution in [1.82, 2.24) is 0 Å². The van der Waals surface area contributed by atoms with E-state index >= 15 is 0 Å². The predicted octanol–water partition coefficient (Wildman–Crippen LogP) is 8.27. The summed E-state index contributed by atoms with van der Waals surface area (Å²) in [5, 5.41) is 0.120. The van der Waals surface area contributed by atoms with E-state index in [1.165, 1.54) is 26.4 Å². The Morgan fingerprint density at radius 2 is 1.67 bits per heavy atom. The first-order valence-electron chi connectivity index (χ1n) is 13.9. The number of carbonyl (C=O) groups excluding carboxylic acids is 1. The van der Waals surface area contributed by atoms with Crippen LogP contribution in [0.4, 0.5) is 0 Å². The minimum absolute atomic E-state index is 0.0568. The maximum atomic E-state index is 11.2. The van der Waals surface area contributed by atoms with Gasteiger partial charge in [-0.25, -0.2) is 0 Å². The molecule has 0 saturated carbocycles. The van der Waals surface area contributed by atoms with Gasteiger partial charge in [-0.1, -0.05) is 77.0 Å². The molecule has 36 heavy (non-hydrogen) atoms. The van der Waals surface area contributed by atoms with Crippen molar-refractivity contribution in [3.05, 3.63) is 36.5 Å². The van der Waals surface area contributed by atoms with E-state index in [0.29, 0.717) is 6.42 Å². The van der Waals surface area contributed by atoms with Crippen molar-refractivity contribution in [3.63, 3.8) is 0 Å². The zero-order valence-electron chi connectivity index (χ0n) is 24.6. The minimum Gasteiger partial charge on any atom is -0.469 e. The molecule has 1 saturated heterocycles. The van der Waals surface area contributed by atoms with Crippen molar-refractivity contribution < 1.29 is 23.4 Å². The molecule has 0 aromatic carbocycles. The highest BCUT2D eigenvalue weighted by atomic mass is 28.4. The maximum absolute atomic E-state index is 11.2. The molecule has 1 aliphatic heterocycles. The van der Waals surface area contributed by atoms with Gasteiger partial charge in [-0.15, -0.1) is 0 Å². The van der Waals surface area contributed by atoms with Gasteiger partial charge < -0.3 is 18.6 Å². The summed E-state index contributed by atoms with van der Waals surface area (Å²) < 4.78 is 24.4. The highest BCUT2D eigenvalue weighted by Gasteiger charge is 2.47. The molecule has 0 aliphatic carbocycles. The number of esters is 1. The summed E-state index contributed by atoms with van der Waals surface area (Å²) in [6.07, 6.45) is 21.4. The third-order valence-corrected chi connectivity index (χ3v) is 11.5. The smallest absolute Gasteiger partial charge is 0.305 e. The SMILES string of the molecule is CCCCC/C=C\C[C@@H](O[Si](C)(C)C(C)(C)C)[C@H]1OC(C)(C)O[C@@H]1/C=C\C/C=C\CCCC(=O)OC. The summed E-state index contributed by atoms with van der Waals surface area (Å²) in [6, 6.07) is 0. The second-order valence-electron chi connectivity index (χ2n) is 11.8. The molecule has 6 heteroatoms. The first kappa shape index (κ1) is 32.8. The van der Waals surface area contributed by atoms with Crippen molar-refractivity contribution in [2.75, 3.05) is 7.11 Å². The van der Waals surface area contributed by atoms with E-state index in [-0.39, 0.29) is 29.3 Å². The van der Waals surface area contributed by atoms with E-state index in [0.717, 1.165) is 32.1 Å². The van der Waals surface area contributed by atoms with Crippen LogP contribution in [0.3, 0.4) is 0 Å². The van der Waals surface area contributed by atoms with Gasteiger partial charge in [0, 0.05) is 6.42 Å². The van der Waals surface area contributed by atoms with Gasteiger partial charge in [-0.2, -0.15) is 0 Å². The number of ether oxygens (including phenoxy) is 3. The van der Waals surface area contributed by atoms with Crippen LogP contribution in [0.1, 0.15) is 99.3 Å². The number of hydrogen-bond acceptors (Lipinski definition) is 5. The van der Waals surface area contributed by atoms with Gasteiger partial charge in [-0.05, 0) is 70.5 Å². The lowest BCUT2D eigenvalue weighted by Gasteiger charge is -2.41. The molecule has 1 rings (SSSR count). The first-order valence-corrected chi connectivity index (χ1v) is 16.8. The first-order chi connectivity index (χ1) is 16.8. The molecule has 0 aromatic rings. The molecule has 0 radical (unpaired) electrons. The van der Waals surface area contributed by atoms with Gasteiger partial charge in [-0.3, -0.25) is 4.79 Å². The van der Waals surface area contributed by atoms with Crippen molar-refractivity contribution in [2.45, 2.75) is 142 Å². The van der Waals surface area contributed by atoms with Gasteiger partial charge in [0.05, 0.1) is 13.2 Å². The largest absolute Gasteiger partial charge is 0.469 e. The fourth-order valence-electron chi connectivity index (χ4n) is 3.89. The second-order valence-corrected chi connectivity index (χ2v) is 16.5. The zero-order valence-corrected chi connectivity index (χ0v) is 25.6. The minimum atomic E-state index is -2.00. The fraction of sp³-hybridized carbons (Fsp3) is 0.767. The third-order valence-electron chi connectivity index (χ3n) is 7.04. The Balaban J connectivity index is 2.87. The summed E-state index contributed by atoms with van der Waals surface area (Å²) in [4.78, 5) is 11.2. The maximum Gasteiger partial charge on any atom is 0.305 e. The lowest BCUT2D eigenvalue weighted by atomic mass is 10.0. The Kier molecular flexibility index (Phi) is 14.5. The van der Waals surface area contributed by atoms with Crippen LogP contribution in [0.25, 0.3) is 0 Å². The summed E-state index contributed by atoms with van der Waals surface area (Å²) in [5.74, 6) is -0.802. The van der Waals surface area contributed by atoms with Crippen LogP contribution in [-0.2, 0) is 23.4 Å².